The number of aliphatic carboxylic acids is 1. The van der Waals surface area contributed by atoms with Gasteiger partial charge in [-0.3, -0.25) is 19.1 Å². The average Bonchev–Trinajstić information content (AvgIpc) is 3.13. The van der Waals surface area contributed by atoms with E-state index in [1.165, 1.54) is 4.90 Å². The quantitative estimate of drug-likeness (QED) is 0.792. The first-order valence-corrected chi connectivity index (χ1v) is 8.62. The number of piperidine rings is 1. The van der Waals surface area contributed by atoms with Gasteiger partial charge in [0.05, 0.1) is 6.54 Å². The smallest absolute Gasteiger partial charge is 0.303 e. The monoisotopic (exact) mass is 350 g/mol. The molecular weight excluding hydrogens is 324 g/mol. The van der Waals surface area contributed by atoms with E-state index in [-0.39, 0.29) is 30.7 Å². The second-order valence-electron chi connectivity index (χ2n) is 6.64. The van der Waals surface area contributed by atoms with Crippen LogP contribution in [0.5, 0.6) is 0 Å². The van der Waals surface area contributed by atoms with Crippen LogP contribution in [0.3, 0.4) is 0 Å². The molecule has 0 saturated carbocycles. The Balaban J connectivity index is 1.85. The van der Waals surface area contributed by atoms with Crippen LogP contribution in [0.25, 0.3) is 0 Å². The van der Waals surface area contributed by atoms with Crippen molar-refractivity contribution in [2.45, 2.75) is 38.6 Å². The minimum Gasteiger partial charge on any atom is -0.481 e. The van der Waals surface area contributed by atoms with Crippen molar-refractivity contribution in [3.8, 4) is 0 Å². The number of hydrogen-bond donors (Lipinski definition) is 1. The molecule has 2 unspecified atom stereocenters. The lowest BCUT2D eigenvalue weighted by atomic mass is 9.93. The molecule has 1 aliphatic heterocycles. The molecule has 2 rings (SSSR count). The molecule has 0 bridgehead atoms. The van der Waals surface area contributed by atoms with Gasteiger partial charge >= 0.3 is 5.97 Å². The van der Waals surface area contributed by atoms with Gasteiger partial charge in [-0.05, 0) is 38.2 Å². The Morgan fingerprint density at radius 1 is 1.40 bits per heavy atom. The molecule has 0 radical (unpaired) electrons. The third kappa shape index (κ3) is 5.30. The molecule has 0 aromatic carbocycles. The van der Waals surface area contributed by atoms with Gasteiger partial charge in [0.15, 0.2) is 0 Å². The van der Waals surface area contributed by atoms with Crippen LogP contribution < -0.4 is 0 Å². The van der Waals surface area contributed by atoms with E-state index >= 15 is 0 Å². The summed E-state index contributed by atoms with van der Waals surface area (Å²) >= 11 is 0. The van der Waals surface area contributed by atoms with Gasteiger partial charge in [0.25, 0.3) is 0 Å². The first-order valence-electron chi connectivity index (χ1n) is 8.62. The summed E-state index contributed by atoms with van der Waals surface area (Å²) in [5.41, 5.74) is 0. The number of hydrogen-bond acceptors (Lipinski definition) is 4. The number of amides is 2. The highest BCUT2D eigenvalue weighted by Gasteiger charge is 2.27. The number of carboxylic acid groups (broad SMARTS) is 1. The molecule has 0 spiro atoms. The van der Waals surface area contributed by atoms with E-state index in [1.54, 1.807) is 42.0 Å². The van der Waals surface area contributed by atoms with Gasteiger partial charge in [-0.1, -0.05) is 0 Å². The first-order chi connectivity index (χ1) is 11.9. The predicted octanol–water partition coefficient (Wildman–Crippen LogP) is 1.01. The molecule has 138 valence electrons. The molecule has 2 heterocycles. The highest BCUT2D eigenvalue weighted by Crippen LogP contribution is 2.21. The summed E-state index contributed by atoms with van der Waals surface area (Å²) in [6.45, 7) is 3.01. The first kappa shape index (κ1) is 19.0. The van der Waals surface area contributed by atoms with E-state index < -0.39 is 12.0 Å². The Morgan fingerprint density at radius 2 is 2.16 bits per heavy atom. The van der Waals surface area contributed by atoms with Gasteiger partial charge in [0.1, 0.15) is 6.04 Å². The number of rotatable bonds is 7. The molecule has 2 amide bonds. The van der Waals surface area contributed by atoms with Crippen molar-refractivity contribution in [2.24, 2.45) is 5.92 Å². The summed E-state index contributed by atoms with van der Waals surface area (Å²) in [5, 5.41) is 12.9. The van der Waals surface area contributed by atoms with Gasteiger partial charge in [0.2, 0.25) is 11.8 Å². The second kappa shape index (κ2) is 8.64. The SMILES string of the molecule is CC(C(=O)N(C)CC(=O)N1CCCC(CCC(=O)O)C1)n1cccn1. The van der Waals surface area contributed by atoms with Crippen molar-refractivity contribution >= 4 is 17.8 Å². The largest absolute Gasteiger partial charge is 0.481 e. The summed E-state index contributed by atoms with van der Waals surface area (Å²) in [4.78, 5) is 38.8. The molecule has 1 aromatic rings. The number of aromatic nitrogens is 2. The number of likely N-dealkylation sites (N-methyl/N-ethyl adjacent to an activating group) is 1. The number of carbonyl (C=O) groups is 3. The lowest BCUT2D eigenvalue weighted by Gasteiger charge is -2.34. The van der Waals surface area contributed by atoms with Gasteiger partial charge in [-0.2, -0.15) is 5.10 Å². The Morgan fingerprint density at radius 3 is 2.80 bits per heavy atom. The predicted molar refractivity (Wildman–Crippen MR) is 90.7 cm³/mol. The third-order valence-corrected chi connectivity index (χ3v) is 4.67. The average molecular weight is 350 g/mol. The summed E-state index contributed by atoms with van der Waals surface area (Å²) in [6, 6.07) is 1.29. The minimum absolute atomic E-state index is 0.0239. The maximum atomic E-state index is 12.5. The molecule has 2 atom stereocenters. The Kier molecular flexibility index (Phi) is 6.55. The van der Waals surface area contributed by atoms with Crippen molar-refractivity contribution in [3.63, 3.8) is 0 Å². The zero-order valence-electron chi connectivity index (χ0n) is 14.8. The number of nitrogens with zero attached hydrogens (tertiary/aromatic N) is 4. The third-order valence-electron chi connectivity index (χ3n) is 4.67. The molecule has 1 N–H and O–H groups in total. The fraction of sp³-hybridized carbons (Fsp3) is 0.647. The van der Waals surface area contributed by atoms with E-state index in [9.17, 15) is 14.4 Å². The van der Waals surface area contributed by atoms with Gasteiger partial charge in [-0.25, -0.2) is 0 Å². The van der Waals surface area contributed by atoms with Gasteiger partial charge in [-0.15, -0.1) is 0 Å². The molecule has 1 fully saturated rings. The molecule has 8 heteroatoms. The molecule has 0 aliphatic carbocycles. The fourth-order valence-corrected chi connectivity index (χ4v) is 3.18. The Hall–Kier alpha value is -2.38. The van der Waals surface area contributed by atoms with Gasteiger partial charge < -0.3 is 14.9 Å². The van der Waals surface area contributed by atoms with Crippen molar-refractivity contribution in [1.82, 2.24) is 19.6 Å². The van der Waals surface area contributed by atoms with E-state index in [4.69, 9.17) is 5.11 Å². The molecule has 1 aromatic heterocycles. The molecule has 25 heavy (non-hydrogen) atoms. The van der Waals surface area contributed by atoms with Crippen LogP contribution in [0.1, 0.15) is 38.6 Å². The van der Waals surface area contributed by atoms with Crippen LogP contribution in [-0.2, 0) is 14.4 Å². The molecule has 1 aliphatic rings. The standard InChI is InChI=1S/C17H26N4O4/c1-13(21-10-4-8-18-21)17(25)19(2)12-15(22)20-9-3-5-14(11-20)6-7-16(23)24/h4,8,10,13-14H,3,5-7,9,11-12H2,1-2H3,(H,23,24). The summed E-state index contributed by atoms with van der Waals surface area (Å²) < 4.78 is 1.56. The summed E-state index contributed by atoms with van der Waals surface area (Å²) in [7, 11) is 1.62. The van der Waals surface area contributed by atoms with Crippen molar-refractivity contribution in [3.05, 3.63) is 18.5 Å². The zero-order chi connectivity index (χ0) is 18.4. The van der Waals surface area contributed by atoms with E-state index in [0.29, 0.717) is 19.5 Å². The number of carboxylic acids is 1. The second-order valence-corrected chi connectivity index (χ2v) is 6.64. The van der Waals surface area contributed by atoms with Crippen molar-refractivity contribution in [1.29, 1.82) is 0 Å². The fourth-order valence-electron chi connectivity index (χ4n) is 3.18. The van der Waals surface area contributed by atoms with Crippen LogP contribution in [-0.4, -0.2) is 69.2 Å². The number of likely N-dealkylation sites (tertiary alicyclic amines) is 1. The van der Waals surface area contributed by atoms with Crippen molar-refractivity contribution < 1.29 is 19.5 Å². The summed E-state index contributed by atoms with van der Waals surface area (Å²) in [5.74, 6) is -0.848. The maximum Gasteiger partial charge on any atom is 0.303 e. The lowest BCUT2D eigenvalue weighted by molar-refractivity contribution is -0.142. The lowest BCUT2D eigenvalue weighted by Crippen LogP contribution is -2.46. The topological polar surface area (TPSA) is 95.7 Å². The Labute approximate surface area is 147 Å². The maximum absolute atomic E-state index is 12.5. The summed E-state index contributed by atoms with van der Waals surface area (Å²) in [6.07, 6.45) is 5.87. The van der Waals surface area contributed by atoms with E-state index in [2.05, 4.69) is 5.10 Å². The van der Waals surface area contributed by atoms with E-state index in [1.807, 2.05) is 0 Å². The number of carbonyl (C=O) groups excluding carboxylic acids is 2. The zero-order valence-corrected chi connectivity index (χ0v) is 14.8. The van der Waals surface area contributed by atoms with Crippen LogP contribution >= 0.6 is 0 Å². The highest BCUT2D eigenvalue weighted by molar-refractivity contribution is 5.86. The van der Waals surface area contributed by atoms with Crippen molar-refractivity contribution in [2.75, 3.05) is 26.7 Å². The molecular formula is C17H26N4O4. The van der Waals surface area contributed by atoms with E-state index in [0.717, 1.165) is 12.8 Å². The van der Waals surface area contributed by atoms with Crippen LogP contribution in [0.4, 0.5) is 0 Å². The van der Waals surface area contributed by atoms with Crippen LogP contribution in [0.15, 0.2) is 18.5 Å². The van der Waals surface area contributed by atoms with Crippen LogP contribution in [0, 0.1) is 5.92 Å². The van der Waals surface area contributed by atoms with Gasteiger partial charge in [0, 0.05) is 39.0 Å². The van der Waals surface area contributed by atoms with Crippen LogP contribution in [0.2, 0.25) is 0 Å². The molecule has 1 saturated heterocycles. The Bertz CT molecular complexity index is 602. The minimum atomic E-state index is -0.804. The normalized spacial score (nSPS) is 18.6. The highest BCUT2D eigenvalue weighted by atomic mass is 16.4. The molecule has 8 nitrogen and oxygen atoms in total.